The molecule has 0 aliphatic heterocycles. The second-order valence-corrected chi connectivity index (χ2v) is 5.21. The van der Waals surface area contributed by atoms with Crippen LogP contribution < -0.4 is 0 Å². The first kappa shape index (κ1) is 15.4. The van der Waals surface area contributed by atoms with Crippen LogP contribution in [0.15, 0.2) is 60.7 Å². The molecule has 0 saturated carbocycles. The topological polar surface area (TPSA) is 98.0 Å². The summed E-state index contributed by atoms with van der Waals surface area (Å²) >= 11 is 0. The van der Waals surface area contributed by atoms with Gasteiger partial charge in [-0.05, 0) is 5.56 Å². The van der Waals surface area contributed by atoms with Crippen molar-refractivity contribution in [2.45, 2.75) is 0 Å². The fourth-order valence-electron chi connectivity index (χ4n) is 2.54. The average Bonchev–Trinajstić information content (AvgIpc) is 2.63. The van der Waals surface area contributed by atoms with Crippen LogP contribution in [0.1, 0.15) is 15.9 Å². The zero-order valence-corrected chi connectivity index (χ0v) is 12.5. The predicted molar refractivity (Wildman–Crippen MR) is 88.4 cm³/mol. The van der Waals surface area contributed by atoms with E-state index < -0.39 is 28.8 Å². The molecule has 5 heteroatoms. The molecule has 0 aromatic heterocycles. The van der Waals surface area contributed by atoms with Crippen LogP contribution in [-0.2, 0) is 0 Å². The van der Waals surface area contributed by atoms with E-state index in [1.165, 1.54) is 0 Å². The van der Waals surface area contributed by atoms with Crippen LogP contribution in [0.3, 0.4) is 0 Å². The van der Waals surface area contributed by atoms with Crippen LogP contribution in [0.25, 0.3) is 11.1 Å². The molecule has 0 heterocycles. The van der Waals surface area contributed by atoms with Crippen LogP contribution >= 0.6 is 0 Å². The van der Waals surface area contributed by atoms with Crippen LogP contribution in [0.2, 0.25) is 0 Å². The molecule has 5 nitrogen and oxygen atoms in total. The third-order valence-electron chi connectivity index (χ3n) is 3.72. The fourth-order valence-corrected chi connectivity index (χ4v) is 2.54. The Kier molecular flexibility index (Phi) is 3.83. The van der Waals surface area contributed by atoms with Gasteiger partial charge in [-0.3, -0.25) is 4.79 Å². The van der Waals surface area contributed by atoms with Gasteiger partial charge in [0.2, 0.25) is 11.5 Å². The van der Waals surface area contributed by atoms with E-state index in [1.54, 1.807) is 60.7 Å². The molecule has 0 aliphatic carbocycles. The number of phenolic OH excluding ortho intramolecular Hbond substituents is 4. The molecule has 120 valence electrons. The first-order chi connectivity index (χ1) is 11.5. The summed E-state index contributed by atoms with van der Waals surface area (Å²) in [6, 6.07) is 16.5. The fraction of sp³-hybridized carbons (Fsp3) is 0. The van der Waals surface area contributed by atoms with Gasteiger partial charge in [0.15, 0.2) is 17.3 Å². The highest BCUT2D eigenvalue weighted by Gasteiger charge is 2.28. The molecule has 4 N–H and O–H groups in total. The Morgan fingerprint density at radius 3 is 1.71 bits per heavy atom. The maximum atomic E-state index is 12.8. The maximum Gasteiger partial charge on any atom is 0.205 e. The molecule has 3 aromatic carbocycles. The zero-order chi connectivity index (χ0) is 17.3. The molecule has 0 saturated heterocycles. The third kappa shape index (κ3) is 2.42. The highest BCUT2D eigenvalue weighted by atomic mass is 16.3. The predicted octanol–water partition coefficient (Wildman–Crippen LogP) is 3.41. The molecule has 0 spiro atoms. The van der Waals surface area contributed by atoms with Crippen molar-refractivity contribution >= 4 is 5.78 Å². The second-order valence-electron chi connectivity index (χ2n) is 5.21. The van der Waals surface area contributed by atoms with E-state index in [1.807, 2.05) is 0 Å². The number of phenols is 4. The van der Waals surface area contributed by atoms with E-state index in [2.05, 4.69) is 0 Å². The number of carbonyl (C=O) groups excluding carboxylic acids is 1. The first-order valence-electron chi connectivity index (χ1n) is 7.17. The molecular weight excluding hydrogens is 308 g/mol. The second kappa shape index (κ2) is 5.96. The summed E-state index contributed by atoms with van der Waals surface area (Å²) in [5.41, 5.74) is 0.367. The number of hydrogen-bond acceptors (Lipinski definition) is 5. The summed E-state index contributed by atoms with van der Waals surface area (Å²) in [6.07, 6.45) is 0. The van der Waals surface area contributed by atoms with E-state index >= 15 is 0 Å². The van der Waals surface area contributed by atoms with Crippen LogP contribution in [0, 0.1) is 0 Å². The van der Waals surface area contributed by atoms with E-state index in [-0.39, 0.29) is 16.7 Å². The Labute approximate surface area is 137 Å². The average molecular weight is 322 g/mol. The van der Waals surface area contributed by atoms with Crippen LogP contribution in [-0.4, -0.2) is 26.2 Å². The van der Waals surface area contributed by atoms with Crippen LogP contribution in [0.5, 0.6) is 23.0 Å². The van der Waals surface area contributed by atoms with Gasteiger partial charge in [0.1, 0.15) is 0 Å². The first-order valence-corrected chi connectivity index (χ1v) is 7.17. The van der Waals surface area contributed by atoms with Gasteiger partial charge in [-0.2, -0.15) is 0 Å². The molecule has 3 rings (SSSR count). The highest BCUT2D eigenvalue weighted by molar-refractivity contribution is 6.16. The van der Waals surface area contributed by atoms with Gasteiger partial charge in [0, 0.05) is 11.1 Å². The summed E-state index contributed by atoms with van der Waals surface area (Å²) in [5.74, 6) is -3.85. The SMILES string of the molecule is O=C(c1ccccc1)c1c(O)c(O)c(O)c(O)c1-c1ccccc1. The lowest BCUT2D eigenvalue weighted by Crippen LogP contribution is -2.05. The van der Waals surface area contributed by atoms with Gasteiger partial charge < -0.3 is 20.4 Å². The zero-order valence-electron chi connectivity index (χ0n) is 12.5. The van der Waals surface area contributed by atoms with Crippen molar-refractivity contribution in [3.8, 4) is 34.1 Å². The van der Waals surface area contributed by atoms with Gasteiger partial charge in [-0.1, -0.05) is 60.7 Å². The number of benzene rings is 3. The van der Waals surface area contributed by atoms with Crippen molar-refractivity contribution in [2.24, 2.45) is 0 Å². The monoisotopic (exact) mass is 322 g/mol. The Morgan fingerprint density at radius 2 is 1.12 bits per heavy atom. The molecule has 0 radical (unpaired) electrons. The van der Waals surface area contributed by atoms with Crippen molar-refractivity contribution < 1.29 is 25.2 Å². The number of carbonyl (C=O) groups is 1. The minimum Gasteiger partial charge on any atom is -0.504 e. The third-order valence-corrected chi connectivity index (χ3v) is 3.72. The minimum absolute atomic E-state index is 0.0442. The summed E-state index contributed by atoms with van der Waals surface area (Å²) < 4.78 is 0. The largest absolute Gasteiger partial charge is 0.504 e. The van der Waals surface area contributed by atoms with Crippen molar-refractivity contribution in [1.29, 1.82) is 0 Å². The van der Waals surface area contributed by atoms with Crippen molar-refractivity contribution in [2.75, 3.05) is 0 Å². The Balaban J connectivity index is 2.34. The Bertz CT molecular complexity index is 902. The highest BCUT2D eigenvalue weighted by Crippen LogP contribution is 2.51. The molecule has 0 bridgehead atoms. The normalized spacial score (nSPS) is 10.5. The smallest absolute Gasteiger partial charge is 0.205 e. The molecule has 24 heavy (non-hydrogen) atoms. The maximum absolute atomic E-state index is 12.8. The summed E-state index contributed by atoms with van der Waals surface area (Å²) in [5, 5.41) is 40.2. The molecular formula is C19H14O5. The Morgan fingerprint density at radius 1 is 0.625 bits per heavy atom. The number of hydrogen-bond donors (Lipinski definition) is 4. The minimum atomic E-state index is -0.938. The van der Waals surface area contributed by atoms with Gasteiger partial charge in [0.25, 0.3) is 0 Å². The molecule has 3 aromatic rings. The molecule has 0 aliphatic rings. The van der Waals surface area contributed by atoms with E-state index in [4.69, 9.17) is 0 Å². The van der Waals surface area contributed by atoms with Gasteiger partial charge in [0.05, 0.1) is 5.56 Å². The molecule has 0 amide bonds. The summed E-state index contributed by atoms with van der Waals surface area (Å²) in [4.78, 5) is 12.8. The Hall–Kier alpha value is -3.47. The standard InChI is InChI=1S/C19H14O5/c20-15(12-9-5-2-6-10-12)14-13(11-7-3-1-4-8-11)16(21)18(23)19(24)17(14)22/h1-10,21-24H. The molecule has 0 fully saturated rings. The van der Waals surface area contributed by atoms with Gasteiger partial charge in [-0.25, -0.2) is 0 Å². The molecule has 0 unspecified atom stereocenters. The lowest BCUT2D eigenvalue weighted by molar-refractivity contribution is 0.103. The number of ketones is 1. The summed E-state index contributed by atoms with van der Waals surface area (Å²) in [6.45, 7) is 0. The van der Waals surface area contributed by atoms with E-state index in [0.29, 0.717) is 5.56 Å². The molecule has 0 atom stereocenters. The van der Waals surface area contributed by atoms with Crippen LogP contribution in [0.4, 0.5) is 0 Å². The summed E-state index contributed by atoms with van der Waals surface area (Å²) in [7, 11) is 0. The quantitative estimate of drug-likeness (QED) is 0.336. The number of rotatable bonds is 3. The van der Waals surface area contributed by atoms with Gasteiger partial charge in [-0.15, -0.1) is 0 Å². The van der Waals surface area contributed by atoms with E-state index in [0.717, 1.165) is 0 Å². The van der Waals surface area contributed by atoms with Gasteiger partial charge >= 0.3 is 0 Å². The number of aromatic hydroxyl groups is 4. The van der Waals surface area contributed by atoms with Crippen molar-refractivity contribution in [1.82, 2.24) is 0 Å². The lowest BCUT2D eigenvalue weighted by atomic mass is 9.91. The van der Waals surface area contributed by atoms with E-state index in [9.17, 15) is 25.2 Å². The lowest BCUT2D eigenvalue weighted by Gasteiger charge is -2.16. The van der Waals surface area contributed by atoms with Crippen molar-refractivity contribution in [3.05, 3.63) is 71.8 Å². The van der Waals surface area contributed by atoms with Crippen molar-refractivity contribution in [3.63, 3.8) is 0 Å².